The highest BCUT2D eigenvalue weighted by molar-refractivity contribution is 5.06. The highest BCUT2D eigenvalue weighted by atomic mass is 16.1. The number of hydrogen-bond donors (Lipinski definition) is 1. The molecule has 0 bridgehead atoms. The second-order valence-electron chi connectivity index (χ2n) is 4.94. The fourth-order valence-corrected chi connectivity index (χ4v) is 2.34. The van der Waals surface area contributed by atoms with Crippen LogP contribution in [0.1, 0.15) is 98.1 Å². The lowest BCUT2D eigenvalue weighted by Crippen LogP contribution is -2.09. The summed E-state index contributed by atoms with van der Waals surface area (Å²) in [5, 5.41) is 3.17. The molecule has 1 atom stereocenters. The fourth-order valence-electron chi connectivity index (χ4n) is 2.34. The van der Waals surface area contributed by atoms with Gasteiger partial charge in [0, 0.05) is 24.7 Å². The standard InChI is InChI=1S/C14H26N2O.2C2H6/c1-4-6-7-8-10-12(9-5-2)13-11-14(17)16(3)15-13;2*1-2/h11-12,15H,4-10H2,1-3H3;2*1-2H3. The second kappa shape index (κ2) is 15.4. The molecule has 3 heteroatoms. The van der Waals surface area contributed by atoms with Gasteiger partial charge in [0.1, 0.15) is 0 Å². The number of unbranched alkanes of at least 4 members (excludes halogenated alkanes) is 3. The number of aryl methyl sites for hydroxylation is 1. The quantitative estimate of drug-likeness (QED) is 0.621. The Hall–Kier alpha value is -0.990. The SMILES string of the molecule is CC.CC.CCCCCCC(CCC)c1cc(=O)n(C)[nH]1. The van der Waals surface area contributed by atoms with E-state index < -0.39 is 0 Å². The zero-order valence-electron chi connectivity index (χ0n) is 15.5. The van der Waals surface area contributed by atoms with Crippen molar-refractivity contribution in [1.29, 1.82) is 0 Å². The van der Waals surface area contributed by atoms with Gasteiger partial charge in [-0.2, -0.15) is 0 Å². The predicted molar refractivity (Wildman–Crippen MR) is 95.1 cm³/mol. The first-order valence-corrected chi connectivity index (χ1v) is 8.95. The third-order valence-corrected chi connectivity index (χ3v) is 3.39. The van der Waals surface area contributed by atoms with Crippen LogP contribution in [0.5, 0.6) is 0 Å². The lowest BCUT2D eigenvalue weighted by atomic mass is 9.93. The van der Waals surface area contributed by atoms with Gasteiger partial charge in [0.15, 0.2) is 0 Å². The van der Waals surface area contributed by atoms with Crippen molar-refractivity contribution in [3.05, 3.63) is 22.1 Å². The lowest BCUT2D eigenvalue weighted by Gasteiger charge is -2.14. The zero-order chi connectivity index (χ0) is 16.7. The minimum absolute atomic E-state index is 0.0784. The fraction of sp³-hybridized carbons (Fsp3) is 0.833. The lowest BCUT2D eigenvalue weighted by molar-refractivity contribution is 0.506. The van der Waals surface area contributed by atoms with Gasteiger partial charge < -0.3 is 0 Å². The summed E-state index contributed by atoms with van der Waals surface area (Å²) in [5.74, 6) is 0.533. The second-order valence-corrected chi connectivity index (χ2v) is 4.94. The number of nitrogens with one attached hydrogen (secondary N) is 1. The van der Waals surface area contributed by atoms with Crippen molar-refractivity contribution in [2.45, 2.75) is 92.4 Å². The molecule has 1 aromatic heterocycles. The molecule has 1 N–H and O–H groups in total. The maximum Gasteiger partial charge on any atom is 0.266 e. The Morgan fingerprint density at radius 3 is 2.05 bits per heavy atom. The first-order chi connectivity index (χ1) is 10.2. The van der Waals surface area contributed by atoms with Crippen LogP contribution in [0.25, 0.3) is 0 Å². The van der Waals surface area contributed by atoms with Crippen molar-refractivity contribution in [1.82, 2.24) is 9.78 Å². The Kier molecular flexibility index (Phi) is 16.3. The van der Waals surface area contributed by atoms with Crippen LogP contribution < -0.4 is 5.56 Å². The normalized spacial score (nSPS) is 11.0. The van der Waals surface area contributed by atoms with E-state index in [2.05, 4.69) is 18.9 Å². The summed E-state index contributed by atoms with van der Waals surface area (Å²) < 4.78 is 1.57. The minimum atomic E-state index is 0.0784. The molecular weight excluding hydrogens is 260 g/mol. The van der Waals surface area contributed by atoms with Crippen molar-refractivity contribution in [2.75, 3.05) is 0 Å². The van der Waals surface area contributed by atoms with Gasteiger partial charge in [-0.1, -0.05) is 73.6 Å². The van der Waals surface area contributed by atoms with E-state index in [9.17, 15) is 4.79 Å². The van der Waals surface area contributed by atoms with Crippen LogP contribution in [0.2, 0.25) is 0 Å². The van der Waals surface area contributed by atoms with Gasteiger partial charge in [0.2, 0.25) is 0 Å². The molecule has 3 nitrogen and oxygen atoms in total. The van der Waals surface area contributed by atoms with E-state index in [-0.39, 0.29) is 5.56 Å². The Balaban J connectivity index is 0. The van der Waals surface area contributed by atoms with Gasteiger partial charge >= 0.3 is 0 Å². The molecule has 0 saturated carbocycles. The topological polar surface area (TPSA) is 37.8 Å². The van der Waals surface area contributed by atoms with Crippen LogP contribution in [0, 0.1) is 0 Å². The third-order valence-electron chi connectivity index (χ3n) is 3.39. The maximum atomic E-state index is 11.5. The molecule has 0 saturated heterocycles. The summed E-state index contributed by atoms with van der Waals surface area (Å²) in [5.41, 5.74) is 1.20. The van der Waals surface area contributed by atoms with Gasteiger partial charge in [0.25, 0.3) is 5.56 Å². The zero-order valence-corrected chi connectivity index (χ0v) is 15.5. The van der Waals surface area contributed by atoms with Crippen molar-refractivity contribution in [3.63, 3.8) is 0 Å². The molecule has 0 aliphatic heterocycles. The monoisotopic (exact) mass is 298 g/mol. The Morgan fingerprint density at radius 1 is 1.00 bits per heavy atom. The van der Waals surface area contributed by atoms with Gasteiger partial charge in [-0.15, -0.1) is 0 Å². The van der Waals surface area contributed by atoms with E-state index >= 15 is 0 Å². The largest absolute Gasteiger partial charge is 0.300 e. The number of nitrogens with zero attached hydrogens (tertiary/aromatic N) is 1. The molecule has 0 spiro atoms. The van der Waals surface area contributed by atoms with Crippen molar-refractivity contribution < 1.29 is 0 Å². The van der Waals surface area contributed by atoms with Gasteiger partial charge in [-0.3, -0.25) is 14.6 Å². The first-order valence-electron chi connectivity index (χ1n) is 8.95. The minimum Gasteiger partial charge on any atom is -0.300 e. The van der Waals surface area contributed by atoms with E-state index in [1.807, 2.05) is 27.7 Å². The number of rotatable bonds is 8. The van der Waals surface area contributed by atoms with Crippen LogP contribution in [0.15, 0.2) is 10.9 Å². The summed E-state index contributed by atoms with van der Waals surface area (Å²) in [7, 11) is 1.78. The molecule has 0 radical (unpaired) electrons. The molecule has 0 aliphatic carbocycles. The summed E-state index contributed by atoms with van der Waals surface area (Å²) in [6.45, 7) is 12.4. The smallest absolute Gasteiger partial charge is 0.266 e. The molecular formula is C18H38N2O. The molecule has 0 aromatic carbocycles. The van der Waals surface area contributed by atoms with Crippen LogP contribution >= 0.6 is 0 Å². The molecule has 0 aliphatic rings. The van der Waals surface area contributed by atoms with E-state index in [4.69, 9.17) is 0 Å². The van der Waals surface area contributed by atoms with Crippen LogP contribution in [-0.4, -0.2) is 9.78 Å². The highest BCUT2D eigenvalue weighted by Crippen LogP contribution is 2.25. The van der Waals surface area contributed by atoms with Crippen molar-refractivity contribution >= 4 is 0 Å². The Labute approximate surface area is 132 Å². The van der Waals surface area contributed by atoms with E-state index in [1.165, 1.54) is 44.9 Å². The summed E-state index contributed by atoms with van der Waals surface area (Å²) >= 11 is 0. The average Bonchev–Trinajstić information content (AvgIpc) is 2.86. The molecule has 1 unspecified atom stereocenters. The average molecular weight is 299 g/mol. The Bertz CT molecular complexity index is 366. The number of H-pyrrole nitrogens is 1. The summed E-state index contributed by atoms with van der Waals surface area (Å²) in [6, 6.07) is 1.76. The highest BCUT2D eigenvalue weighted by Gasteiger charge is 2.13. The number of hydrogen-bond acceptors (Lipinski definition) is 1. The predicted octanol–water partition coefficient (Wildman–Crippen LogP) is 5.62. The number of aromatic nitrogens is 2. The van der Waals surface area contributed by atoms with Gasteiger partial charge in [-0.05, 0) is 12.8 Å². The summed E-state index contributed by atoms with van der Waals surface area (Å²) in [6.07, 6.45) is 8.74. The van der Waals surface area contributed by atoms with E-state index in [1.54, 1.807) is 17.8 Å². The van der Waals surface area contributed by atoms with Gasteiger partial charge in [0.05, 0.1) is 0 Å². The molecule has 0 fully saturated rings. The molecule has 21 heavy (non-hydrogen) atoms. The molecule has 0 amide bonds. The van der Waals surface area contributed by atoms with E-state index in [0.29, 0.717) is 5.92 Å². The van der Waals surface area contributed by atoms with Crippen LogP contribution in [0.3, 0.4) is 0 Å². The maximum absolute atomic E-state index is 11.5. The summed E-state index contributed by atoms with van der Waals surface area (Å²) in [4.78, 5) is 11.5. The molecule has 1 aromatic rings. The third kappa shape index (κ3) is 9.54. The first kappa shape index (κ1) is 22.3. The van der Waals surface area contributed by atoms with Crippen LogP contribution in [-0.2, 0) is 7.05 Å². The van der Waals surface area contributed by atoms with Crippen molar-refractivity contribution in [2.24, 2.45) is 7.05 Å². The van der Waals surface area contributed by atoms with Crippen LogP contribution in [0.4, 0.5) is 0 Å². The van der Waals surface area contributed by atoms with Gasteiger partial charge in [-0.25, -0.2) is 0 Å². The van der Waals surface area contributed by atoms with E-state index in [0.717, 1.165) is 5.69 Å². The Morgan fingerprint density at radius 2 is 1.62 bits per heavy atom. The molecule has 126 valence electrons. The molecule has 1 rings (SSSR count). The number of aromatic amines is 1. The van der Waals surface area contributed by atoms with Crippen molar-refractivity contribution in [3.8, 4) is 0 Å². The molecule has 1 heterocycles.